The van der Waals surface area contributed by atoms with Gasteiger partial charge in [0.1, 0.15) is 6.04 Å². The number of fused-ring (bicyclic) bond motifs is 1. The zero-order chi connectivity index (χ0) is 24.8. The Bertz CT molecular complexity index is 1170. The van der Waals surface area contributed by atoms with Crippen LogP contribution in [0.5, 0.6) is 11.5 Å². The summed E-state index contributed by atoms with van der Waals surface area (Å²) in [5.41, 5.74) is 3.96. The average Bonchev–Trinajstić information content (AvgIpc) is 2.91. The first kappa shape index (κ1) is 24.1. The van der Waals surface area contributed by atoms with Gasteiger partial charge in [0.15, 0.2) is 11.5 Å². The Morgan fingerprint density at radius 1 is 0.943 bits per heavy atom. The normalized spacial score (nSPS) is 15.5. The lowest BCUT2D eigenvalue weighted by molar-refractivity contribution is -0.142. The van der Waals surface area contributed by atoms with E-state index in [0.29, 0.717) is 30.9 Å². The number of hydrogen-bond acceptors (Lipinski definition) is 5. The highest BCUT2D eigenvalue weighted by atomic mass is 16.5. The van der Waals surface area contributed by atoms with Crippen LogP contribution in [-0.4, -0.2) is 50.8 Å². The lowest BCUT2D eigenvalue weighted by Gasteiger charge is -2.38. The van der Waals surface area contributed by atoms with Gasteiger partial charge in [-0.2, -0.15) is 0 Å². The van der Waals surface area contributed by atoms with Crippen LogP contribution < -0.4 is 14.8 Å². The number of carbonyl (C=O) groups excluding carboxylic acids is 2. The van der Waals surface area contributed by atoms with Crippen molar-refractivity contribution >= 4 is 12.0 Å². The number of carbonyl (C=O) groups is 2. The van der Waals surface area contributed by atoms with Crippen molar-refractivity contribution in [3.05, 3.63) is 95.1 Å². The highest BCUT2D eigenvalue weighted by Crippen LogP contribution is 2.41. The third-order valence-electron chi connectivity index (χ3n) is 6.32. The number of nitrogens with zero attached hydrogens (tertiary/aromatic N) is 1. The van der Waals surface area contributed by atoms with E-state index in [4.69, 9.17) is 14.2 Å². The summed E-state index contributed by atoms with van der Waals surface area (Å²) in [6.07, 6.45) is 0.985. The van der Waals surface area contributed by atoms with Crippen LogP contribution >= 0.6 is 0 Å². The molecule has 0 bridgehead atoms. The summed E-state index contributed by atoms with van der Waals surface area (Å²) >= 11 is 0. The van der Waals surface area contributed by atoms with Gasteiger partial charge in [-0.15, -0.1) is 0 Å². The van der Waals surface area contributed by atoms with Crippen molar-refractivity contribution in [2.75, 3.05) is 27.9 Å². The Hall–Kier alpha value is -4.00. The van der Waals surface area contributed by atoms with Crippen LogP contribution in [0.2, 0.25) is 0 Å². The van der Waals surface area contributed by atoms with E-state index in [1.54, 1.807) is 19.1 Å². The van der Waals surface area contributed by atoms with Crippen molar-refractivity contribution < 1.29 is 23.8 Å². The zero-order valence-corrected chi connectivity index (χ0v) is 20.2. The first-order valence-corrected chi connectivity index (χ1v) is 11.5. The maximum atomic E-state index is 13.6. The number of ether oxygens (including phenoxy) is 3. The van der Waals surface area contributed by atoms with Crippen LogP contribution in [0.3, 0.4) is 0 Å². The topological polar surface area (TPSA) is 77.1 Å². The zero-order valence-electron chi connectivity index (χ0n) is 20.2. The van der Waals surface area contributed by atoms with Gasteiger partial charge in [-0.3, -0.25) is 0 Å². The molecule has 7 nitrogen and oxygen atoms in total. The number of methoxy groups -OCH3 is 3. The molecular formula is C28H30N2O5. The summed E-state index contributed by atoms with van der Waals surface area (Å²) in [6.45, 7) is 0.479. The van der Waals surface area contributed by atoms with E-state index in [1.807, 2.05) is 72.8 Å². The van der Waals surface area contributed by atoms with Gasteiger partial charge < -0.3 is 24.4 Å². The van der Waals surface area contributed by atoms with Crippen molar-refractivity contribution in [1.82, 2.24) is 10.2 Å². The fourth-order valence-electron chi connectivity index (χ4n) is 4.58. The Labute approximate surface area is 205 Å². The fraction of sp³-hybridized carbons (Fsp3) is 0.286. The minimum absolute atomic E-state index is 0.328. The molecule has 1 N–H and O–H groups in total. The van der Waals surface area contributed by atoms with E-state index in [1.165, 1.54) is 7.11 Å². The van der Waals surface area contributed by atoms with Gasteiger partial charge in [0, 0.05) is 13.0 Å². The van der Waals surface area contributed by atoms with E-state index in [0.717, 1.165) is 22.3 Å². The van der Waals surface area contributed by atoms with E-state index >= 15 is 0 Å². The smallest absolute Gasteiger partial charge is 0.328 e. The van der Waals surface area contributed by atoms with Crippen molar-refractivity contribution in [3.63, 3.8) is 0 Å². The summed E-state index contributed by atoms with van der Waals surface area (Å²) in [5.74, 6) is 0.776. The molecule has 0 radical (unpaired) electrons. The molecule has 1 heterocycles. The molecule has 0 unspecified atom stereocenters. The second-order valence-electron chi connectivity index (χ2n) is 8.38. The van der Waals surface area contributed by atoms with Crippen molar-refractivity contribution in [2.24, 2.45) is 0 Å². The Morgan fingerprint density at radius 2 is 1.57 bits per heavy atom. The molecule has 1 aliphatic heterocycles. The fourth-order valence-corrected chi connectivity index (χ4v) is 4.58. The third-order valence-corrected chi connectivity index (χ3v) is 6.32. The molecule has 0 spiro atoms. The molecule has 1 aliphatic rings. The maximum Gasteiger partial charge on any atom is 0.328 e. The van der Waals surface area contributed by atoms with Crippen LogP contribution in [0.15, 0.2) is 72.8 Å². The maximum absolute atomic E-state index is 13.6. The molecule has 4 rings (SSSR count). The highest BCUT2D eigenvalue weighted by molar-refractivity contribution is 5.84. The molecule has 0 saturated carbocycles. The molecule has 3 aromatic rings. The molecule has 3 aromatic carbocycles. The number of hydrogen-bond donors (Lipinski definition) is 1. The highest BCUT2D eigenvalue weighted by Gasteiger charge is 2.35. The summed E-state index contributed by atoms with van der Waals surface area (Å²) in [5, 5.41) is 2.92. The van der Waals surface area contributed by atoms with Gasteiger partial charge in [-0.1, -0.05) is 60.7 Å². The Kier molecular flexibility index (Phi) is 7.55. The molecule has 0 fully saturated rings. The largest absolute Gasteiger partial charge is 0.493 e. The Balaban J connectivity index is 1.68. The summed E-state index contributed by atoms with van der Waals surface area (Å²) in [6, 6.07) is 21.8. The molecule has 7 heteroatoms. The molecule has 0 saturated heterocycles. The molecule has 0 aliphatic carbocycles. The number of nitrogens with one attached hydrogen (secondary N) is 1. The van der Waals surface area contributed by atoms with Gasteiger partial charge in [-0.25, -0.2) is 9.59 Å². The molecule has 182 valence electrons. The predicted molar refractivity (Wildman–Crippen MR) is 133 cm³/mol. The number of amides is 2. The van der Waals surface area contributed by atoms with Gasteiger partial charge >= 0.3 is 12.0 Å². The van der Waals surface area contributed by atoms with Crippen molar-refractivity contribution in [3.8, 4) is 11.5 Å². The van der Waals surface area contributed by atoms with Crippen molar-refractivity contribution in [2.45, 2.75) is 24.9 Å². The van der Waals surface area contributed by atoms with Crippen molar-refractivity contribution in [1.29, 1.82) is 0 Å². The van der Waals surface area contributed by atoms with Crippen LogP contribution in [0.4, 0.5) is 4.79 Å². The quantitative estimate of drug-likeness (QED) is 0.521. The van der Waals surface area contributed by atoms with Gasteiger partial charge in [0.25, 0.3) is 0 Å². The van der Waals surface area contributed by atoms with Gasteiger partial charge in [-0.05, 0) is 40.8 Å². The molecule has 2 atom stereocenters. The van der Waals surface area contributed by atoms with Gasteiger partial charge in [0.05, 0.1) is 27.4 Å². The lowest BCUT2D eigenvalue weighted by atomic mass is 9.88. The van der Waals surface area contributed by atoms with Crippen LogP contribution in [0.1, 0.15) is 28.3 Å². The van der Waals surface area contributed by atoms with Crippen LogP contribution in [-0.2, 0) is 22.4 Å². The van der Waals surface area contributed by atoms with E-state index in [-0.39, 0.29) is 12.1 Å². The van der Waals surface area contributed by atoms with E-state index < -0.39 is 12.0 Å². The SMILES string of the molecule is COC(=O)[C@H](Cc1ccccc1)NC(=O)N1CCc2cc(OC)c(OC)cc2[C@H]1c1ccccc1. The number of benzene rings is 3. The summed E-state index contributed by atoms with van der Waals surface area (Å²) in [4.78, 5) is 28.0. The molecular weight excluding hydrogens is 444 g/mol. The van der Waals surface area contributed by atoms with Gasteiger partial charge in [0.2, 0.25) is 0 Å². The second kappa shape index (κ2) is 11.0. The number of rotatable bonds is 7. The molecule has 35 heavy (non-hydrogen) atoms. The monoisotopic (exact) mass is 474 g/mol. The van der Waals surface area contributed by atoms with Crippen LogP contribution in [0.25, 0.3) is 0 Å². The predicted octanol–water partition coefficient (Wildman–Crippen LogP) is 4.15. The second-order valence-corrected chi connectivity index (χ2v) is 8.38. The third kappa shape index (κ3) is 5.24. The first-order chi connectivity index (χ1) is 17.0. The summed E-state index contributed by atoms with van der Waals surface area (Å²) in [7, 11) is 4.54. The Morgan fingerprint density at radius 3 is 2.20 bits per heavy atom. The first-order valence-electron chi connectivity index (χ1n) is 11.5. The lowest BCUT2D eigenvalue weighted by Crippen LogP contribution is -2.52. The minimum atomic E-state index is -0.807. The average molecular weight is 475 g/mol. The summed E-state index contributed by atoms with van der Waals surface area (Å²) < 4.78 is 16.0. The van der Waals surface area contributed by atoms with Crippen LogP contribution in [0, 0.1) is 0 Å². The minimum Gasteiger partial charge on any atom is -0.493 e. The number of esters is 1. The number of urea groups is 1. The molecule has 0 aromatic heterocycles. The molecule has 2 amide bonds. The van der Waals surface area contributed by atoms with E-state index in [2.05, 4.69) is 5.32 Å². The standard InChI is InChI=1S/C28H30N2O5/c1-33-24-17-21-14-15-30(26(20-12-8-5-9-13-20)22(21)18-25(24)34-2)28(32)29-23(27(31)35-3)16-19-10-6-4-7-11-19/h4-13,17-18,23,26H,14-16H2,1-3H3,(H,29,32)/t23-,26+/m0/s1. The van der Waals surface area contributed by atoms with E-state index in [9.17, 15) is 9.59 Å².